The van der Waals surface area contributed by atoms with Crippen LogP contribution in [0.4, 0.5) is 0 Å². The summed E-state index contributed by atoms with van der Waals surface area (Å²) in [5.41, 5.74) is 3.81. The van der Waals surface area contributed by atoms with Gasteiger partial charge in [-0.1, -0.05) is 41.6 Å². The van der Waals surface area contributed by atoms with E-state index in [0.717, 1.165) is 22.1 Å². The summed E-state index contributed by atoms with van der Waals surface area (Å²) < 4.78 is 0. The molecule has 0 bridgehead atoms. The van der Waals surface area contributed by atoms with E-state index >= 15 is 0 Å². The number of fused-ring (bicyclic) bond motifs is 1. The molecule has 0 radical (unpaired) electrons. The van der Waals surface area contributed by atoms with Crippen LogP contribution in [0.2, 0.25) is 5.02 Å². The van der Waals surface area contributed by atoms with E-state index in [1.807, 2.05) is 73.5 Å². The lowest BCUT2D eigenvalue weighted by molar-refractivity contribution is -0.127. The molecule has 35 heavy (non-hydrogen) atoms. The molecule has 1 aromatic heterocycles. The van der Waals surface area contributed by atoms with Gasteiger partial charge in [0.2, 0.25) is 5.91 Å². The van der Waals surface area contributed by atoms with Gasteiger partial charge in [0.25, 0.3) is 5.91 Å². The molecule has 0 fully saturated rings. The van der Waals surface area contributed by atoms with Crippen molar-refractivity contribution in [2.45, 2.75) is 39.8 Å². The predicted molar refractivity (Wildman–Crippen MR) is 140 cm³/mol. The third kappa shape index (κ3) is 5.44. The summed E-state index contributed by atoms with van der Waals surface area (Å²) in [4.78, 5) is 39.3. The zero-order chi connectivity index (χ0) is 24.9. The number of rotatable bonds is 8. The zero-order valence-electron chi connectivity index (χ0n) is 20.0. The lowest BCUT2D eigenvalue weighted by Gasteiger charge is -2.38. The standard InChI is InChI=1S/C26H28ClN5O2S/c1-4-31(5-2)25(34)23-17(3)30-26-32(24(23)18-9-11-19(27)12-10-18)21(16-35-26)14-22(33)29-15-20-8-6-7-13-28-20/h6-13,16,24H,4-5,14-15H2,1-3H3,(H,29,33). The molecule has 2 aromatic rings. The van der Waals surface area contributed by atoms with Crippen LogP contribution in [0.15, 0.2) is 76.0 Å². The van der Waals surface area contributed by atoms with E-state index in [1.54, 1.807) is 11.1 Å². The van der Waals surface area contributed by atoms with Gasteiger partial charge in [0.05, 0.1) is 36.0 Å². The van der Waals surface area contributed by atoms with E-state index in [1.165, 1.54) is 11.8 Å². The number of aromatic nitrogens is 1. The van der Waals surface area contributed by atoms with Gasteiger partial charge in [-0.15, -0.1) is 0 Å². The summed E-state index contributed by atoms with van der Waals surface area (Å²) in [6.07, 6.45) is 1.86. The lowest BCUT2D eigenvalue weighted by atomic mass is 9.92. The number of aliphatic imine (C=N–C) groups is 1. The number of thioether (sulfide) groups is 1. The van der Waals surface area contributed by atoms with E-state index in [0.29, 0.717) is 35.9 Å². The van der Waals surface area contributed by atoms with Gasteiger partial charge < -0.3 is 15.1 Å². The molecule has 9 heteroatoms. The predicted octanol–water partition coefficient (Wildman–Crippen LogP) is 4.88. The largest absolute Gasteiger partial charge is 0.350 e. The lowest BCUT2D eigenvalue weighted by Crippen LogP contribution is -2.42. The van der Waals surface area contributed by atoms with Crippen LogP contribution in [0.5, 0.6) is 0 Å². The molecule has 1 N–H and O–H groups in total. The number of allylic oxidation sites excluding steroid dienone is 1. The Bertz CT molecular complexity index is 1190. The van der Waals surface area contributed by atoms with Crippen LogP contribution in [-0.2, 0) is 16.1 Å². The van der Waals surface area contributed by atoms with Crippen molar-refractivity contribution in [2.24, 2.45) is 4.99 Å². The number of amidine groups is 1. The Kier molecular flexibility index (Phi) is 7.93. The van der Waals surface area contributed by atoms with Gasteiger partial charge in [0.1, 0.15) is 0 Å². The smallest absolute Gasteiger partial charge is 0.254 e. The second-order valence-corrected chi connectivity index (χ2v) is 9.47. The van der Waals surface area contributed by atoms with Crippen molar-refractivity contribution >= 4 is 40.3 Å². The maximum absolute atomic E-state index is 13.6. The Labute approximate surface area is 215 Å². The van der Waals surface area contributed by atoms with E-state index in [4.69, 9.17) is 16.6 Å². The molecule has 0 spiro atoms. The van der Waals surface area contributed by atoms with Crippen molar-refractivity contribution in [3.63, 3.8) is 0 Å². The van der Waals surface area contributed by atoms with Crippen LogP contribution in [-0.4, -0.2) is 44.9 Å². The van der Waals surface area contributed by atoms with Crippen LogP contribution >= 0.6 is 23.4 Å². The minimum atomic E-state index is -0.405. The molecule has 182 valence electrons. The second-order valence-electron chi connectivity index (χ2n) is 8.20. The maximum Gasteiger partial charge on any atom is 0.254 e. The van der Waals surface area contributed by atoms with Gasteiger partial charge >= 0.3 is 0 Å². The van der Waals surface area contributed by atoms with Crippen LogP contribution in [0.25, 0.3) is 0 Å². The molecule has 0 saturated carbocycles. The number of carbonyl (C=O) groups excluding carboxylic acids is 2. The van der Waals surface area contributed by atoms with Gasteiger partial charge in [-0.05, 0) is 56.0 Å². The number of hydrogen-bond donors (Lipinski definition) is 1. The molecule has 2 aliphatic heterocycles. The number of benzene rings is 1. The molecule has 1 aromatic carbocycles. The average Bonchev–Trinajstić information content (AvgIpc) is 3.25. The SMILES string of the molecule is CCN(CC)C(=O)C1=C(C)N=C2SC=C(CC(=O)NCc3ccccn3)N2C1c1ccc(Cl)cc1. The summed E-state index contributed by atoms with van der Waals surface area (Å²) in [6, 6.07) is 12.7. The number of nitrogens with zero attached hydrogens (tertiary/aromatic N) is 4. The Morgan fingerprint density at radius 3 is 2.54 bits per heavy atom. The van der Waals surface area contributed by atoms with Crippen LogP contribution in [0.1, 0.15) is 44.5 Å². The summed E-state index contributed by atoms with van der Waals surface area (Å²) in [7, 11) is 0. The number of carbonyl (C=O) groups is 2. The van der Waals surface area contributed by atoms with Crippen LogP contribution in [0, 0.1) is 0 Å². The Morgan fingerprint density at radius 1 is 1.14 bits per heavy atom. The molecule has 1 atom stereocenters. The summed E-state index contributed by atoms with van der Waals surface area (Å²) in [5.74, 6) is -0.174. The van der Waals surface area contributed by atoms with Crippen LogP contribution in [0.3, 0.4) is 0 Å². The summed E-state index contributed by atoms with van der Waals surface area (Å²) in [5, 5.41) is 6.26. The number of halogens is 1. The van der Waals surface area contributed by atoms with Gasteiger partial charge in [0, 0.05) is 30.0 Å². The fourth-order valence-corrected chi connectivity index (χ4v) is 5.29. The second kappa shape index (κ2) is 11.1. The summed E-state index contributed by atoms with van der Waals surface area (Å²) in [6.45, 7) is 7.37. The van der Waals surface area contributed by atoms with Crippen molar-refractivity contribution in [1.82, 2.24) is 20.1 Å². The van der Waals surface area contributed by atoms with Gasteiger partial charge in [-0.25, -0.2) is 4.99 Å². The van der Waals surface area contributed by atoms with Gasteiger partial charge in [-0.3, -0.25) is 14.6 Å². The van der Waals surface area contributed by atoms with Crippen molar-refractivity contribution in [3.05, 3.63) is 87.3 Å². The molecule has 2 aliphatic rings. The topological polar surface area (TPSA) is 77.9 Å². The van der Waals surface area contributed by atoms with Crippen molar-refractivity contribution in [1.29, 1.82) is 0 Å². The average molecular weight is 510 g/mol. The fourth-order valence-electron chi connectivity index (χ4n) is 4.20. The Hall–Kier alpha value is -3.10. The fraction of sp³-hybridized carbons (Fsp3) is 0.308. The number of likely N-dealkylation sites (N-methyl/N-ethyl adjacent to an activating group) is 1. The first kappa shape index (κ1) is 25.0. The minimum absolute atomic E-state index is 0.0499. The molecule has 0 aliphatic carbocycles. The molecule has 7 nitrogen and oxygen atoms in total. The number of amides is 2. The third-order valence-corrected chi connectivity index (χ3v) is 7.14. The minimum Gasteiger partial charge on any atom is -0.350 e. The van der Waals surface area contributed by atoms with E-state index in [9.17, 15) is 9.59 Å². The highest BCUT2D eigenvalue weighted by molar-refractivity contribution is 8.16. The molecule has 1 unspecified atom stereocenters. The first-order valence-corrected chi connectivity index (χ1v) is 12.8. The van der Waals surface area contributed by atoms with Crippen molar-refractivity contribution in [3.8, 4) is 0 Å². The summed E-state index contributed by atoms with van der Waals surface area (Å²) >= 11 is 7.64. The molecule has 3 heterocycles. The molecule has 4 rings (SSSR count). The first-order valence-electron chi connectivity index (χ1n) is 11.6. The highest BCUT2D eigenvalue weighted by atomic mass is 35.5. The van der Waals surface area contributed by atoms with Gasteiger partial charge in [-0.2, -0.15) is 0 Å². The molecule has 2 amide bonds. The van der Waals surface area contributed by atoms with Crippen molar-refractivity contribution in [2.75, 3.05) is 13.1 Å². The van der Waals surface area contributed by atoms with Crippen LogP contribution < -0.4 is 5.32 Å². The van der Waals surface area contributed by atoms with Crippen molar-refractivity contribution < 1.29 is 9.59 Å². The van der Waals surface area contributed by atoms with E-state index in [-0.39, 0.29) is 18.2 Å². The molecular formula is C26H28ClN5O2S. The highest BCUT2D eigenvalue weighted by Crippen LogP contribution is 2.45. The highest BCUT2D eigenvalue weighted by Gasteiger charge is 2.41. The molecular weight excluding hydrogens is 482 g/mol. The van der Waals surface area contributed by atoms with Gasteiger partial charge in [0.15, 0.2) is 5.17 Å². The maximum atomic E-state index is 13.6. The first-order chi connectivity index (χ1) is 16.9. The van der Waals surface area contributed by atoms with E-state index < -0.39 is 6.04 Å². The number of pyridine rings is 1. The number of hydrogen-bond acceptors (Lipinski definition) is 6. The monoisotopic (exact) mass is 509 g/mol. The van der Waals surface area contributed by atoms with E-state index in [2.05, 4.69) is 10.3 Å². The normalized spacial score (nSPS) is 17.0. The quantitative estimate of drug-likeness (QED) is 0.548. The molecule has 0 saturated heterocycles. The number of nitrogens with one attached hydrogen (secondary N) is 1. The third-order valence-electron chi connectivity index (χ3n) is 6.00. The zero-order valence-corrected chi connectivity index (χ0v) is 21.6. The Morgan fingerprint density at radius 2 is 1.89 bits per heavy atom. The Balaban J connectivity index is 1.64.